The van der Waals surface area contributed by atoms with E-state index in [1.54, 1.807) is 12.4 Å². The number of hydrogen-bond donors (Lipinski definition) is 1. The first kappa shape index (κ1) is 14.1. The van der Waals surface area contributed by atoms with Crippen LogP contribution in [0.2, 0.25) is 10.0 Å². The summed E-state index contributed by atoms with van der Waals surface area (Å²) in [4.78, 5) is 3.95. The van der Waals surface area contributed by atoms with Crippen LogP contribution in [0.4, 0.5) is 0 Å². The summed E-state index contributed by atoms with van der Waals surface area (Å²) in [6, 6.07) is 0. The molecule has 100 valence electrons. The molecule has 1 fully saturated rings. The zero-order valence-corrected chi connectivity index (χ0v) is 12.1. The zero-order chi connectivity index (χ0) is 13.0. The topological polar surface area (TPSA) is 38.7 Å². The molecule has 1 aliphatic rings. The van der Waals surface area contributed by atoms with Gasteiger partial charge in [0.1, 0.15) is 12.1 Å². The van der Waals surface area contributed by atoms with Crippen molar-refractivity contribution >= 4 is 23.2 Å². The molecular weight excluding hydrogens is 271 g/mol. The monoisotopic (exact) mass is 289 g/mol. The molecule has 1 aromatic heterocycles. The predicted octanol–water partition coefficient (Wildman–Crippen LogP) is 2.06. The van der Waals surface area contributed by atoms with Crippen LogP contribution < -0.4 is 5.32 Å². The Morgan fingerprint density at radius 3 is 2.72 bits per heavy atom. The molecule has 0 aliphatic carbocycles. The number of nitrogens with zero attached hydrogens (tertiary/aromatic N) is 1. The quantitative estimate of drug-likeness (QED) is 0.843. The van der Waals surface area contributed by atoms with E-state index in [2.05, 4.69) is 17.2 Å². The summed E-state index contributed by atoms with van der Waals surface area (Å²) in [5, 5.41) is 3.58. The largest absolute Gasteiger partial charge is 0.369 e. The van der Waals surface area contributed by atoms with E-state index in [0.717, 1.165) is 38.1 Å². The summed E-state index contributed by atoms with van der Waals surface area (Å²) >= 11 is 12.2. The smallest absolute Gasteiger partial charge is 0.114 e. The molecule has 1 aliphatic heterocycles. The molecule has 0 aromatic carbocycles. The van der Waals surface area contributed by atoms with Crippen molar-refractivity contribution in [3.8, 4) is 0 Å². The third-order valence-electron chi connectivity index (χ3n) is 3.43. The highest BCUT2D eigenvalue weighted by Crippen LogP contribution is 2.23. The van der Waals surface area contributed by atoms with Crippen molar-refractivity contribution in [1.82, 2.24) is 4.98 Å². The first-order valence-corrected chi connectivity index (χ1v) is 7.10. The van der Waals surface area contributed by atoms with Crippen molar-refractivity contribution in [2.24, 2.45) is 0 Å². The molecule has 2 rings (SSSR count). The standard InChI is InChI=1S/C13H18Cl2N2O/c1-13(4-2-6-18-13)9-16-5-3-10-11(14)7-17-8-12(10)15/h7-8,16H,2-6,9H2,1H3/p+1. The van der Waals surface area contributed by atoms with Gasteiger partial charge in [-0.25, -0.2) is 0 Å². The van der Waals surface area contributed by atoms with Gasteiger partial charge in [-0.3, -0.25) is 4.98 Å². The molecule has 1 saturated heterocycles. The molecule has 5 heteroatoms. The van der Waals surface area contributed by atoms with Gasteiger partial charge in [0.25, 0.3) is 0 Å². The van der Waals surface area contributed by atoms with E-state index in [1.807, 2.05) is 0 Å². The molecule has 0 amide bonds. The maximum absolute atomic E-state index is 6.08. The highest BCUT2D eigenvalue weighted by molar-refractivity contribution is 6.35. The Kier molecular flexibility index (Phi) is 4.84. The third-order valence-corrected chi connectivity index (χ3v) is 4.08. The molecule has 2 N–H and O–H groups in total. The van der Waals surface area contributed by atoms with E-state index in [4.69, 9.17) is 27.9 Å². The number of hydrogen-bond acceptors (Lipinski definition) is 2. The Labute approximate surface area is 118 Å². The van der Waals surface area contributed by atoms with E-state index in [1.165, 1.54) is 6.42 Å². The number of ether oxygens (including phenoxy) is 1. The van der Waals surface area contributed by atoms with Crippen molar-refractivity contribution in [1.29, 1.82) is 0 Å². The Bertz CT molecular complexity index is 386. The minimum atomic E-state index is 0.0475. The Morgan fingerprint density at radius 2 is 2.11 bits per heavy atom. The summed E-state index contributed by atoms with van der Waals surface area (Å²) in [6.45, 7) is 5.03. The number of rotatable bonds is 5. The molecule has 0 saturated carbocycles. The number of nitrogens with two attached hydrogens (primary N) is 1. The average molecular weight is 290 g/mol. The van der Waals surface area contributed by atoms with Gasteiger partial charge in [0.05, 0.1) is 16.6 Å². The number of quaternary nitrogens is 1. The maximum Gasteiger partial charge on any atom is 0.114 e. The number of pyridine rings is 1. The summed E-state index contributed by atoms with van der Waals surface area (Å²) in [5.41, 5.74) is 1.04. The molecule has 3 nitrogen and oxygen atoms in total. The van der Waals surface area contributed by atoms with Crippen LogP contribution in [0.3, 0.4) is 0 Å². The van der Waals surface area contributed by atoms with Crippen LogP contribution in [0.1, 0.15) is 25.3 Å². The fourth-order valence-electron chi connectivity index (χ4n) is 2.33. The Morgan fingerprint density at radius 1 is 1.39 bits per heavy atom. The van der Waals surface area contributed by atoms with E-state index < -0.39 is 0 Å². The van der Waals surface area contributed by atoms with Crippen LogP contribution in [0.25, 0.3) is 0 Å². The minimum Gasteiger partial charge on any atom is -0.369 e. The van der Waals surface area contributed by atoms with Crippen molar-refractivity contribution < 1.29 is 10.1 Å². The van der Waals surface area contributed by atoms with Gasteiger partial charge in [0.15, 0.2) is 0 Å². The molecule has 1 unspecified atom stereocenters. The lowest BCUT2D eigenvalue weighted by atomic mass is 10.0. The van der Waals surface area contributed by atoms with Gasteiger partial charge in [-0.2, -0.15) is 0 Å². The number of aromatic nitrogens is 1. The van der Waals surface area contributed by atoms with Gasteiger partial charge in [0.2, 0.25) is 0 Å². The van der Waals surface area contributed by atoms with E-state index >= 15 is 0 Å². The second-order valence-electron chi connectivity index (χ2n) is 5.02. The molecule has 1 aromatic rings. The molecule has 0 bridgehead atoms. The highest BCUT2D eigenvalue weighted by atomic mass is 35.5. The highest BCUT2D eigenvalue weighted by Gasteiger charge is 2.31. The molecule has 1 atom stereocenters. The van der Waals surface area contributed by atoms with Crippen LogP contribution in [-0.4, -0.2) is 30.3 Å². The first-order valence-electron chi connectivity index (χ1n) is 6.34. The van der Waals surface area contributed by atoms with E-state index in [0.29, 0.717) is 10.0 Å². The lowest BCUT2D eigenvalue weighted by Gasteiger charge is -2.20. The van der Waals surface area contributed by atoms with Crippen molar-refractivity contribution in [2.45, 2.75) is 31.8 Å². The summed E-state index contributed by atoms with van der Waals surface area (Å²) < 4.78 is 5.75. The SMILES string of the molecule is CC1(C[NH2+]CCc2c(Cl)cncc2Cl)CCCO1. The van der Waals surface area contributed by atoms with Crippen molar-refractivity contribution in [3.63, 3.8) is 0 Å². The van der Waals surface area contributed by atoms with Crippen LogP contribution in [0.15, 0.2) is 12.4 Å². The number of halogens is 2. The normalized spacial score (nSPS) is 23.5. The fraction of sp³-hybridized carbons (Fsp3) is 0.615. The maximum atomic E-state index is 6.08. The van der Waals surface area contributed by atoms with Crippen LogP contribution in [-0.2, 0) is 11.2 Å². The van der Waals surface area contributed by atoms with Crippen molar-refractivity contribution in [2.75, 3.05) is 19.7 Å². The summed E-state index contributed by atoms with van der Waals surface area (Å²) in [6.07, 6.45) is 6.47. The van der Waals surface area contributed by atoms with Crippen LogP contribution in [0.5, 0.6) is 0 Å². The van der Waals surface area contributed by atoms with Crippen LogP contribution >= 0.6 is 23.2 Å². The molecule has 18 heavy (non-hydrogen) atoms. The Balaban J connectivity index is 1.78. The summed E-state index contributed by atoms with van der Waals surface area (Å²) in [7, 11) is 0. The van der Waals surface area contributed by atoms with Gasteiger partial charge in [-0.1, -0.05) is 23.2 Å². The molecule has 0 radical (unpaired) electrons. The zero-order valence-electron chi connectivity index (χ0n) is 10.6. The van der Waals surface area contributed by atoms with Crippen LogP contribution in [0, 0.1) is 0 Å². The lowest BCUT2D eigenvalue weighted by molar-refractivity contribution is -0.666. The molecular formula is C13H19Cl2N2O+. The lowest BCUT2D eigenvalue weighted by Crippen LogP contribution is -2.88. The molecule has 2 heterocycles. The third kappa shape index (κ3) is 3.58. The van der Waals surface area contributed by atoms with Gasteiger partial charge in [0, 0.05) is 25.4 Å². The van der Waals surface area contributed by atoms with Gasteiger partial charge in [-0.15, -0.1) is 0 Å². The van der Waals surface area contributed by atoms with Gasteiger partial charge >= 0.3 is 0 Å². The second-order valence-corrected chi connectivity index (χ2v) is 5.83. The van der Waals surface area contributed by atoms with E-state index in [9.17, 15) is 0 Å². The Hall–Kier alpha value is -0.350. The average Bonchev–Trinajstić information content (AvgIpc) is 2.75. The second kappa shape index (κ2) is 6.20. The first-order chi connectivity index (χ1) is 8.61. The molecule has 0 spiro atoms. The van der Waals surface area contributed by atoms with Gasteiger partial charge in [-0.05, 0) is 25.3 Å². The predicted molar refractivity (Wildman–Crippen MR) is 73.2 cm³/mol. The van der Waals surface area contributed by atoms with Gasteiger partial charge < -0.3 is 10.1 Å². The minimum absolute atomic E-state index is 0.0475. The fourth-order valence-corrected chi connectivity index (χ4v) is 2.88. The van der Waals surface area contributed by atoms with Crippen molar-refractivity contribution in [3.05, 3.63) is 28.0 Å². The van der Waals surface area contributed by atoms with E-state index in [-0.39, 0.29) is 5.60 Å². The summed E-state index contributed by atoms with van der Waals surface area (Å²) in [5.74, 6) is 0.